The van der Waals surface area contributed by atoms with Crippen LogP contribution >= 0.6 is 11.3 Å². The van der Waals surface area contributed by atoms with Crippen molar-refractivity contribution < 1.29 is 29.1 Å². The molecule has 2 rings (SSSR count). The van der Waals surface area contributed by atoms with Gasteiger partial charge >= 0.3 is 16.9 Å². The summed E-state index contributed by atoms with van der Waals surface area (Å²) in [6.07, 6.45) is 0. The summed E-state index contributed by atoms with van der Waals surface area (Å²) in [5.74, 6) is -4.24. The van der Waals surface area contributed by atoms with Crippen molar-refractivity contribution >= 4 is 28.3 Å². The van der Waals surface area contributed by atoms with E-state index < -0.39 is 28.3 Å². The Morgan fingerprint density at radius 2 is 2.00 bits per heavy atom. The lowest BCUT2D eigenvalue weighted by Crippen LogP contribution is -2.05. The number of hydrogen-bond acceptors (Lipinski definition) is 7. The highest BCUT2D eigenvalue weighted by Gasteiger charge is 2.26. The number of oxazole rings is 1. The van der Waals surface area contributed by atoms with Crippen molar-refractivity contribution in [1.82, 2.24) is 4.98 Å². The van der Waals surface area contributed by atoms with E-state index in [4.69, 9.17) is 14.6 Å². The Bertz CT molecular complexity index is 655. The Labute approximate surface area is 107 Å². The van der Waals surface area contributed by atoms with Crippen LogP contribution in [-0.4, -0.2) is 32.1 Å². The molecule has 0 atom stereocenters. The average molecular weight is 284 g/mol. The van der Waals surface area contributed by atoms with E-state index in [1.807, 2.05) is 0 Å². The second-order valence-corrected chi connectivity index (χ2v) is 4.26. The van der Waals surface area contributed by atoms with Crippen molar-refractivity contribution in [2.45, 2.75) is 0 Å². The molecule has 9 nitrogen and oxygen atoms in total. The molecule has 2 N–H and O–H groups in total. The normalized spacial score (nSPS) is 10.3. The van der Waals surface area contributed by atoms with Gasteiger partial charge in [-0.05, 0) is 6.07 Å². The fourth-order valence-corrected chi connectivity index (χ4v) is 2.00. The first kappa shape index (κ1) is 12.7. The summed E-state index contributed by atoms with van der Waals surface area (Å²) in [5, 5.41) is 27.9. The zero-order valence-electron chi connectivity index (χ0n) is 8.89. The SMILES string of the molecule is O=C(O)c1nc(-c2ccc([N+](=O)[O-])s2)oc1C(=O)O. The monoisotopic (exact) mass is 284 g/mol. The van der Waals surface area contributed by atoms with Crippen molar-refractivity contribution in [3.8, 4) is 10.8 Å². The number of nitrogens with zero attached hydrogens (tertiary/aromatic N) is 2. The lowest BCUT2D eigenvalue weighted by Gasteiger charge is -1.87. The fourth-order valence-electron chi connectivity index (χ4n) is 1.26. The van der Waals surface area contributed by atoms with E-state index in [1.54, 1.807) is 0 Å². The maximum absolute atomic E-state index is 10.8. The van der Waals surface area contributed by atoms with Gasteiger partial charge in [0.15, 0.2) is 0 Å². The molecular formula is C9H4N2O7S. The molecule has 0 saturated carbocycles. The summed E-state index contributed by atoms with van der Waals surface area (Å²) in [4.78, 5) is 35.1. The molecule has 0 amide bonds. The molecule has 0 aromatic carbocycles. The first-order valence-corrected chi connectivity index (χ1v) is 5.44. The molecule has 98 valence electrons. The van der Waals surface area contributed by atoms with Crippen molar-refractivity contribution in [2.75, 3.05) is 0 Å². The molecule has 0 aliphatic carbocycles. The molecule has 0 aliphatic heterocycles. The molecular weight excluding hydrogens is 280 g/mol. The van der Waals surface area contributed by atoms with Crippen molar-refractivity contribution in [3.63, 3.8) is 0 Å². The summed E-state index contributed by atoms with van der Waals surface area (Å²) in [5.41, 5.74) is -0.751. The molecule has 2 aromatic rings. The number of nitro groups is 1. The zero-order valence-corrected chi connectivity index (χ0v) is 9.71. The van der Waals surface area contributed by atoms with Crippen LogP contribution in [0.25, 0.3) is 10.8 Å². The standard InChI is InChI=1S/C9H4N2O7S/c12-8(13)5-6(9(14)15)18-7(10-5)3-1-2-4(19-3)11(16)17/h1-2H,(H,12,13)(H,14,15). The van der Waals surface area contributed by atoms with E-state index in [2.05, 4.69) is 4.98 Å². The van der Waals surface area contributed by atoms with Crippen LogP contribution in [0.2, 0.25) is 0 Å². The summed E-state index contributed by atoms with van der Waals surface area (Å²) < 4.78 is 4.81. The minimum Gasteiger partial charge on any atom is -0.476 e. The Hall–Kier alpha value is -2.75. The number of aromatic nitrogens is 1. The van der Waals surface area contributed by atoms with E-state index in [1.165, 1.54) is 12.1 Å². The van der Waals surface area contributed by atoms with Gasteiger partial charge in [0.2, 0.25) is 17.3 Å². The van der Waals surface area contributed by atoms with Crippen LogP contribution in [0.3, 0.4) is 0 Å². The van der Waals surface area contributed by atoms with Crippen LogP contribution < -0.4 is 0 Å². The molecule has 0 aliphatic rings. The van der Waals surface area contributed by atoms with Gasteiger partial charge in [-0.15, -0.1) is 0 Å². The molecule has 0 radical (unpaired) electrons. The molecule has 0 spiro atoms. The molecule has 2 aromatic heterocycles. The van der Waals surface area contributed by atoms with E-state index in [9.17, 15) is 19.7 Å². The molecule has 0 unspecified atom stereocenters. The van der Waals surface area contributed by atoms with Gasteiger partial charge in [0.25, 0.3) is 0 Å². The fraction of sp³-hybridized carbons (Fsp3) is 0. The number of carboxylic acid groups (broad SMARTS) is 2. The van der Waals surface area contributed by atoms with Crippen LogP contribution in [0.1, 0.15) is 21.0 Å². The molecule has 0 fully saturated rings. The van der Waals surface area contributed by atoms with Crippen molar-refractivity contribution in [3.05, 3.63) is 33.7 Å². The number of aromatic carboxylic acids is 2. The molecule has 10 heteroatoms. The highest BCUT2D eigenvalue weighted by atomic mass is 32.1. The van der Waals surface area contributed by atoms with Crippen LogP contribution in [-0.2, 0) is 0 Å². The lowest BCUT2D eigenvalue weighted by molar-refractivity contribution is -0.380. The number of hydrogen-bond donors (Lipinski definition) is 2. The third kappa shape index (κ3) is 2.28. The number of carbonyl (C=O) groups is 2. The summed E-state index contributed by atoms with van der Waals surface area (Å²) in [7, 11) is 0. The van der Waals surface area contributed by atoms with Gasteiger partial charge in [0.1, 0.15) is 0 Å². The Morgan fingerprint density at radius 1 is 1.32 bits per heavy atom. The van der Waals surface area contributed by atoms with Crippen LogP contribution in [0.5, 0.6) is 0 Å². The predicted octanol–water partition coefficient (Wildman–Crippen LogP) is 1.71. The van der Waals surface area contributed by atoms with Crippen LogP contribution in [0.15, 0.2) is 16.5 Å². The van der Waals surface area contributed by atoms with Gasteiger partial charge in [-0.3, -0.25) is 10.1 Å². The smallest absolute Gasteiger partial charge is 0.374 e. The quantitative estimate of drug-likeness (QED) is 0.637. The number of thiophene rings is 1. The van der Waals surface area contributed by atoms with Gasteiger partial charge in [-0.1, -0.05) is 11.3 Å². The Morgan fingerprint density at radius 3 is 2.42 bits per heavy atom. The maximum atomic E-state index is 10.8. The minimum atomic E-state index is -1.58. The van der Waals surface area contributed by atoms with Gasteiger partial charge in [-0.2, -0.15) is 0 Å². The summed E-state index contributed by atoms with van der Waals surface area (Å²) >= 11 is 0.698. The zero-order chi connectivity index (χ0) is 14.2. The molecule has 19 heavy (non-hydrogen) atoms. The summed E-state index contributed by atoms with van der Waals surface area (Å²) in [6.45, 7) is 0. The largest absolute Gasteiger partial charge is 0.476 e. The molecule has 0 bridgehead atoms. The van der Waals surface area contributed by atoms with Crippen LogP contribution in [0.4, 0.5) is 5.00 Å². The van der Waals surface area contributed by atoms with Crippen LogP contribution in [0, 0.1) is 10.1 Å². The molecule has 0 saturated heterocycles. The Kier molecular flexibility index (Phi) is 3.00. The second kappa shape index (κ2) is 4.49. The van der Waals surface area contributed by atoms with E-state index in [-0.39, 0.29) is 15.8 Å². The summed E-state index contributed by atoms with van der Waals surface area (Å²) in [6, 6.07) is 2.48. The maximum Gasteiger partial charge on any atom is 0.374 e. The van der Waals surface area contributed by atoms with E-state index >= 15 is 0 Å². The minimum absolute atomic E-state index is 0.168. The molecule has 2 heterocycles. The predicted molar refractivity (Wildman–Crippen MR) is 60.4 cm³/mol. The third-order valence-corrected chi connectivity index (χ3v) is 3.03. The number of rotatable bonds is 4. The van der Waals surface area contributed by atoms with E-state index in [0.717, 1.165) is 0 Å². The van der Waals surface area contributed by atoms with Gasteiger partial charge in [0, 0.05) is 6.07 Å². The average Bonchev–Trinajstić information content (AvgIpc) is 2.95. The van der Waals surface area contributed by atoms with Gasteiger partial charge in [0.05, 0.1) is 9.80 Å². The third-order valence-electron chi connectivity index (χ3n) is 2.01. The lowest BCUT2D eigenvalue weighted by atomic mass is 10.3. The van der Waals surface area contributed by atoms with Crippen molar-refractivity contribution in [1.29, 1.82) is 0 Å². The highest BCUT2D eigenvalue weighted by Crippen LogP contribution is 2.33. The first-order valence-electron chi connectivity index (χ1n) is 4.62. The number of carboxylic acids is 2. The first-order chi connectivity index (χ1) is 8.90. The Balaban J connectivity index is 2.50. The van der Waals surface area contributed by atoms with Gasteiger partial charge in [-0.25, -0.2) is 14.6 Å². The van der Waals surface area contributed by atoms with E-state index in [0.29, 0.717) is 11.3 Å². The highest BCUT2D eigenvalue weighted by molar-refractivity contribution is 7.18. The van der Waals surface area contributed by atoms with Gasteiger partial charge < -0.3 is 14.6 Å². The topological polar surface area (TPSA) is 144 Å². The van der Waals surface area contributed by atoms with Crippen molar-refractivity contribution in [2.24, 2.45) is 0 Å². The second-order valence-electron chi connectivity index (χ2n) is 3.20.